The predicted molar refractivity (Wildman–Crippen MR) is 99.2 cm³/mol. The van der Waals surface area contributed by atoms with Gasteiger partial charge in [-0.25, -0.2) is 0 Å². The summed E-state index contributed by atoms with van der Waals surface area (Å²) in [7, 11) is 0. The maximum Gasteiger partial charge on any atom is 0.274 e. The Morgan fingerprint density at radius 2 is 2.28 bits per heavy atom. The normalized spacial score (nSPS) is 26.1. The van der Waals surface area contributed by atoms with Crippen LogP contribution in [0.1, 0.15) is 43.2 Å². The van der Waals surface area contributed by atoms with Crippen LogP contribution in [0, 0.1) is 0 Å². The lowest BCUT2D eigenvalue weighted by Gasteiger charge is -2.40. The Balaban J connectivity index is 0.00000225. The Labute approximate surface area is 155 Å². The molecule has 1 amide bonds. The molecular formula is C17H30ClN5O2. The van der Waals surface area contributed by atoms with Crippen LogP contribution in [-0.4, -0.2) is 82.0 Å². The highest BCUT2D eigenvalue weighted by Crippen LogP contribution is 2.17. The number of carbonyl (C=O) groups is 1. The average Bonchev–Trinajstić information content (AvgIpc) is 3.06. The Hall–Kier alpha value is -1.15. The molecule has 0 saturated carbocycles. The Kier molecular flexibility index (Phi) is 7.25. The van der Waals surface area contributed by atoms with Gasteiger partial charge in [0.25, 0.3) is 5.91 Å². The molecule has 3 unspecified atom stereocenters. The lowest BCUT2D eigenvalue weighted by molar-refractivity contribution is 0.0360. The van der Waals surface area contributed by atoms with Crippen LogP contribution in [0.15, 0.2) is 12.3 Å². The van der Waals surface area contributed by atoms with Crippen molar-refractivity contribution in [2.24, 2.45) is 0 Å². The van der Waals surface area contributed by atoms with Crippen LogP contribution >= 0.6 is 12.4 Å². The van der Waals surface area contributed by atoms with E-state index in [2.05, 4.69) is 22.2 Å². The molecule has 0 aromatic carbocycles. The fraction of sp³-hybridized carbons (Fsp3) is 0.765. The molecule has 2 N–H and O–H groups in total. The minimum absolute atomic E-state index is 0. The fourth-order valence-electron chi connectivity index (χ4n) is 3.67. The van der Waals surface area contributed by atoms with E-state index in [0.717, 1.165) is 32.5 Å². The Bertz CT molecular complexity index is 559. The summed E-state index contributed by atoms with van der Waals surface area (Å²) in [4.78, 5) is 16.9. The summed E-state index contributed by atoms with van der Waals surface area (Å²) >= 11 is 0. The van der Waals surface area contributed by atoms with Crippen LogP contribution in [0.3, 0.4) is 0 Å². The lowest BCUT2D eigenvalue weighted by atomic mass is 10.1. The van der Waals surface area contributed by atoms with Crippen molar-refractivity contribution in [1.82, 2.24) is 24.9 Å². The summed E-state index contributed by atoms with van der Waals surface area (Å²) < 4.78 is 1.94. The van der Waals surface area contributed by atoms with Crippen LogP contribution < -0.4 is 5.32 Å². The second-order valence-corrected chi connectivity index (χ2v) is 7.13. The number of hydrogen-bond acceptors (Lipinski definition) is 5. The average molecular weight is 372 g/mol. The smallest absolute Gasteiger partial charge is 0.274 e. The van der Waals surface area contributed by atoms with Crippen LogP contribution in [-0.2, 0) is 0 Å². The number of piperazine rings is 1. The van der Waals surface area contributed by atoms with Crippen molar-refractivity contribution in [2.45, 2.75) is 44.9 Å². The first-order valence-electron chi connectivity index (χ1n) is 9.02. The molecule has 1 aromatic heterocycles. The summed E-state index contributed by atoms with van der Waals surface area (Å²) in [5.41, 5.74) is 0.539. The molecule has 3 heterocycles. The molecule has 2 saturated heterocycles. The van der Waals surface area contributed by atoms with Crippen molar-refractivity contribution >= 4 is 18.3 Å². The number of hydrogen-bond donors (Lipinski definition) is 2. The first-order valence-corrected chi connectivity index (χ1v) is 9.02. The molecule has 8 heteroatoms. The largest absolute Gasteiger partial charge is 0.392 e. The standard InChI is InChI=1S/C17H29N5O2.ClH/c1-13-11-21(9-8-20(13)12-14(2)23)17(24)16-5-7-22(19-16)15-4-3-6-18-10-15;/h5,7,13-15,18,23H,3-4,6,8-12H2,1-2H3;1H. The van der Waals surface area contributed by atoms with E-state index in [9.17, 15) is 9.90 Å². The molecule has 142 valence electrons. The number of carbonyl (C=O) groups excluding carboxylic acids is 1. The molecule has 3 atom stereocenters. The summed E-state index contributed by atoms with van der Waals surface area (Å²) in [6, 6.07) is 2.44. The van der Waals surface area contributed by atoms with Crippen LogP contribution in [0.4, 0.5) is 0 Å². The summed E-state index contributed by atoms with van der Waals surface area (Å²) in [6.07, 6.45) is 3.85. The maximum absolute atomic E-state index is 12.7. The van der Waals surface area contributed by atoms with Gasteiger partial charge in [0.2, 0.25) is 0 Å². The van der Waals surface area contributed by atoms with E-state index in [4.69, 9.17) is 0 Å². The van der Waals surface area contributed by atoms with Gasteiger partial charge in [-0.3, -0.25) is 14.4 Å². The van der Waals surface area contributed by atoms with Crippen LogP contribution in [0.25, 0.3) is 0 Å². The number of halogens is 1. The SMILES string of the molecule is CC(O)CN1CCN(C(=O)c2ccn(C3CCCNC3)n2)CC1C.Cl. The molecule has 0 spiro atoms. The highest BCUT2D eigenvalue weighted by atomic mass is 35.5. The van der Waals surface area contributed by atoms with Crippen molar-refractivity contribution < 1.29 is 9.90 Å². The van der Waals surface area contributed by atoms with E-state index >= 15 is 0 Å². The third kappa shape index (κ3) is 4.94. The number of aliphatic hydroxyl groups is 1. The first kappa shape index (κ1) is 20.2. The van der Waals surface area contributed by atoms with Gasteiger partial charge >= 0.3 is 0 Å². The van der Waals surface area contributed by atoms with E-state index in [1.165, 1.54) is 0 Å². The molecule has 0 aliphatic carbocycles. The molecule has 2 aliphatic heterocycles. The van der Waals surface area contributed by atoms with E-state index in [-0.39, 0.29) is 30.5 Å². The topological polar surface area (TPSA) is 73.6 Å². The Morgan fingerprint density at radius 3 is 2.92 bits per heavy atom. The molecule has 0 bridgehead atoms. The fourth-order valence-corrected chi connectivity index (χ4v) is 3.67. The van der Waals surface area contributed by atoms with E-state index in [0.29, 0.717) is 31.4 Å². The lowest BCUT2D eigenvalue weighted by Crippen LogP contribution is -2.55. The van der Waals surface area contributed by atoms with Gasteiger partial charge < -0.3 is 15.3 Å². The maximum atomic E-state index is 12.7. The van der Waals surface area contributed by atoms with Gasteiger partial charge in [-0.1, -0.05) is 0 Å². The van der Waals surface area contributed by atoms with Crippen molar-refractivity contribution in [3.63, 3.8) is 0 Å². The van der Waals surface area contributed by atoms with Crippen LogP contribution in [0.2, 0.25) is 0 Å². The molecule has 3 rings (SSSR count). The van der Waals surface area contributed by atoms with Gasteiger partial charge in [0, 0.05) is 45.0 Å². The van der Waals surface area contributed by atoms with Crippen molar-refractivity contribution in [2.75, 3.05) is 39.3 Å². The zero-order valence-corrected chi connectivity index (χ0v) is 15.9. The number of β-amino-alcohol motifs (C(OH)–C–C–N with tert-alkyl or cyclic N) is 1. The number of rotatable bonds is 4. The molecule has 1 aromatic rings. The van der Waals surface area contributed by atoms with Gasteiger partial charge in [-0.05, 0) is 39.3 Å². The first-order chi connectivity index (χ1) is 11.5. The predicted octanol–water partition coefficient (Wildman–Crippen LogP) is 0.756. The number of nitrogens with one attached hydrogen (secondary N) is 1. The molecule has 2 fully saturated rings. The van der Waals surface area contributed by atoms with Gasteiger partial charge in [-0.15, -0.1) is 12.4 Å². The monoisotopic (exact) mass is 371 g/mol. The zero-order chi connectivity index (χ0) is 17.1. The molecule has 2 aliphatic rings. The van der Waals surface area contributed by atoms with E-state index in [1.807, 2.05) is 21.8 Å². The highest BCUT2D eigenvalue weighted by molar-refractivity contribution is 5.92. The van der Waals surface area contributed by atoms with Crippen LogP contribution in [0.5, 0.6) is 0 Å². The van der Waals surface area contributed by atoms with Gasteiger partial charge in [0.15, 0.2) is 0 Å². The minimum Gasteiger partial charge on any atom is -0.392 e. The summed E-state index contributed by atoms with van der Waals surface area (Å²) in [5.74, 6) is 0.0149. The summed E-state index contributed by atoms with van der Waals surface area (Å²) in [5, 5.41) is 17.5. The molecule has 0 radical (unpaired) electrons. The number of nitrogens with zero attached hydrogens (tertiary/aromatic N) is 4. The third-order valence-corrected chi connectivity index (χ3v) is 5.02. The van der Waals surface area contributed by atoms with E-state index < -0.39 is 0 Å². The van der Waals surface area contributed by atoms with Gasteiger partial charge in [-0.2, -0.15) is 5.10 Å². The number of piperidine rings is 1. The second kappa shape index (κ2) is 8.98. The number of aromatic nitrogens is 2. The molecule has 7 nitrogen and oxygen atoms in total. The number of aliphatic hydroxyl groups excluding tert-OH is 1. The zero-order valence-electron chi connectivity index (χ0n) is 15.1. The molecular weight excluding hydrogens is 342 g/mol. The van der Waals surface area contributed by atoms with Crippen molar-refractivity contribution in [3.05, 3.63) is 18.0 Å². The van der Waals surface area contributed by atoms with Crippen molar-refractivity contribution in [1.29, 1.82) is 0 Å². The highest BCUT2D eigenvalue weighted by Gasteiger charge is 2.29. The quantitative estimate of drug-likeness (QED) is 0.817. The van der Waals surface area contributed by atoms with Gasteiger partial charge in [0.1, 0.15) is 5.69 Å². The number of amides is 1. The third-order valence-electron chi connectivity index (χ3n) is 5.02. The second-order valence-electron chi connectivity index (χ2n) is 7.13. The Morgan fingerprint density at radius 1 is 1.48 bits per heavy atom. The molecule has 25 heavy (non-hydrogen) atoms. The van der Waals surface area contributed by atoms with E-state index in [1.54, 1.807) is 6.92 Å². The van der Waals surface area contributed by atoms with Gasteiger partial charge in [0.05, 0.1) is 12.1 Å². The minimum atomic E-state index is -0.338. The summed E-state index contributed by atoms with van der Waals surface area (Å²) in [6.45, 7) is 8.72. The van der Waals surface area contributed by atoms with Crippen molar-refractivity contribution in [3.8, 4) is 0 Å².